The Labute approximate surface area is 604 Å². The van der Waals surface area contributed by atoms with E-state index in [4.69, 9.17) is 0 Å². The van der Waals surface area contributed by atoms with E-state index in [1.807, 2.05) is 12.2 Å². The Hall–Kier alpha value is -11.3. The molecule has 498 valence electrons. The van der Waals surface area contributed by atoms with Gasteiger partial charge in [-0.05, 0) is 199 Å². The summed E-state index contributed by atoms with van der Waals surface area (Å²) in [7, 11) is 0. The van der Waals surface area contributed by atoms with Gasteiger partial charge < -0.3 is 9.80 Å². The minimum absolute atomic E-state index is 0.320. The predicted molar refractivity (Wildman–Crippen MR) is 436 cm³/mol. The van der Waals surface area contributed by atoms with E-state index in [2.05, 4.69) is 351 Å². The van der Waals surface area contributed by atoms with Crippen LogP contribution in [0.3, 0.4) is 0 Å². The van der Waals surface area contributed by atoms with Crippen LogP contribution >= 0.6 is 0 Å². The van der Waals surface area contributed by atoms with E-state index in [0.717, 1.165) is 83.8 Å². The number of hydrogen-bond donors (Lipinski definition) is 0. The molecule has 0 N–H and O–H groups in total. The van der Waals surface area contributed by atoms with Crippen LogP contribution in [0.15, 0.2) is 341 Å². The molecule has 0 saturated heterocycles. The van der Waals surface area contributed by atoms with Crippen molar-refractivity contribution in [1.29, 1.82) is 0 Å². The molecule has 0 spiro atoms. The zero-order valence-corrected chi connectivity index (χ0v) is 58.5. The van der Waals surface area contributed by atoms with Crippen LogP contribution < -0.4 is 9.80 Å². The topological polar surface area (TPSA) is 6.48 Å². The molecule has 102 heavy (non-hydrogen) atoms. The van der Waals surface area contributed by atoms with Crippen LogP contribution in [0.5, 0.6) is 0 Å². The number of anilines is 6. The zero-order chi connectivity index (χ0) is 68.7. The molecule has 0 bridgehead atoms. The molecule has 2 unspecified atom stereocenters. The SMILES string of the molecule is C=Cc1ccc(CCCCCCCC2(c3ccccc3)c3ccccc3-c3ccc(N(c4ccc(-c5ccc(N(c6ccc7c(c6)C(CCCCCCCc6ccc(C=C)cc6)(c6ccccc6)c6ccccc6-7)c6cccc7ccccc67)cc5)cc4)c4cccc5ccccc45)cc32)cc1. The molecule has 2 aliphatic rings. The van der Waals surface area contributed by atoms with Gasteiger partial charge in [-0.1, -0.05) is 344 Å². The summed E-state index contributed by atoms with van der Waals surface area (Å²) >= 11 is 0. The molecular formula is C100H88N2. The molecule has 2 heteroatoms. The molecule has 0 radical (unpaired) electrons. The fourth-order valence-corrected chi connectivity index (χ4v) is 17.3. The molecule has 16 rings (SSSR count). The maximum atomic E-state index is 3.95. The summed E-state index contributed by atoms with van der Waals surface area (Å²) in [6.45, 7) is 7.89. The zero-order valence-electron chi connectivity index (χ0n) is 58.5. The Morgan fingerprint density at radius 1 is 0.265 bits per heavy atom. The van der Waals surface area contributed by atoms with Crippen LogP contribution in [0, 0.1) is 0 Å². The molecule has 0 heterocycles. The van der Waals surface area contributed by atoms with Gasteiger partial charge in [0.05, 0.1) is 11.4 Å². The largest absolute Gasteiger partial charge is 0.310 e. The van der Waals surface area contributed by atoms with Crippen molar-refractivity contribution in [3.63, 3.8) is 0 Å². The second kappa shape index (κ2) is 29.5. The summed E-state index contributed by atoms with van der Waals surface area (Å²) in [5.74, 6) is 0. The molecule has 2 atom stereocenters. The van der Waals surface area contributed by atoms with E-state index in [1.54, 1.807) is 0 Å². The lowest BCUT2D eigenvalue weighted by Crippen LogP contribution is -2.27. The van der Waals surface area contributed by atoms with E-state index in [0.29, 0.717) is 0 Å². The normalized spacial score (nSPS) is 14.8. The minimum Gasteiger partial charge on any atom is -0.310 e. The first kappa shape index (κ1) is 65.3. The van der Waals surface area contributed by atoms with Gasteiger partial charge >= 0.3 is 0 Å². The molecule has 0 aliphatic heterocycles. The maximum Gasteiger partial charge on any atom is 0.0540 e. The van der Waals surface area contributed by atoms with Crippen molar-refractivity contribution in [2.24, 2.45) is 0 Å². The molecule has 2 nitrogen and oxygen atoms in total. The van der Waals surface area contributed by atoms with E-state index in [1.165, 1.54) is 151 Å². The predicted octanol–water partition coefficient (Wildman–Crippen LogP) is 27.7. The van der Waals surface area contributed by atoms with Gasteiger partial charge in [0.25, 0.3) is 0 Å². The number of aryl methyl sites for hydroxylation is 2. The van der Waals surface area contributed by atoms with Gasteiger partial charge in [0.15, 0.2) is 0 Å². The summed E-state index contributed by atoms with van der Waals surface area (Å²) in [6, 6.07) is 124. The molecule has 14 aromatic carbocycles. The third kappa shape index (κ3) is 12.6. The second-order valence-corrected chi connectivity index (χ2v) is 28.3. The Morgan fingerprint density at radius 3 is 1.03 bits per heavy atom. The summed E-state index contributed by atoms with van der Waals surface area (Å²) in [5.41, 5.74) is 27.3. The van der Waals surface area contributed by atoms with Crippen LogP contribution in [0.4, 0.5) is 34.1 Å². The third-order valence-corrected chi connectivity index (χ3v) is 22.4. The van der Waals surface area contributed by atoms with Gasteiger partial charge in [0.1, 0.15) is 0 Å². The van der Waals surface area contributed by atoms with Gasteiger partial charge in [0, 0.05) is 44.4 Å². The van der Waals surface area contributed by atoms with Crippen LogP contribution in [0.25, 0.3) is 67.1 Å². The number of rotatable bonds is 27. The van der Waals surface area contributed by atoms with Gasteiger partial charge in [-0.15, -0.1) is 0 Å². The molecule has 2 aliphatic carbocycles. The quantitative estimate of drug-likeness (QED) is 0.0474. The standard InChI is InChI=1S/C100H88N2/c1-3-73-49-53-75(54-50-73)31-13-7-5-9-27-69-99(81-37-15-11-16-38-81)93-45-25-23-43-89(93)91-67-65-85(71-95(91)99)101(97-47-29-35-79-33-19-21-41-87(79)97)83-61-57-77(58-62-83)78-59-63-84(64-60-78)102(98-48-30-36-80-34-20-22-42-88(80)98)86-66-68-92-90-44-24-26-46-94(90)100(96(92)72-86,82-39-17-12-18-40-82)70-28-10-6-8-14-32-76-55-51-74(4-2)52-56-76/h3-4,11-12,15-26,29-30,33-68,71-72H,1-2,5-10,13-14,27-28,31-32,69-70H2. The molecule has 0 amide bonds. The van der Waals surface area contributed by atoms with Crippen molar-refractivity contribution in [2.45, 2.75) is 101 Å². The third-order valence-electron chi connectivity index (χ3n) is 22.4. The number of benzene rings is 14. The van der Waals surface area contributed by atoms with E-state index < -0.39 is 0 Å². The minimum atomic E-state index is -0.320. The highest BCUT2D eigenvalue weighted by Crippen LogP contribution is 2.59. The molecule has 0 saturated carbocycles. The van der Waals surface area contributed by atoms with Crippen molar-refractivity contribution in [1.82, 2.24) is 0 Å². The average Bonchev–Trinajstić information content (AvgIpc) is 1.55. The van der Waals surface area contributed by atoms with Crippen molar-refractivity contribution in [3.05, 3.63) is 396 Å². The van der Waals surface area contributed by atoms with Crippen molar-refractivity contribution in [2.75, 3.05) is 9.80 Å². The monoisotopic (exact) mass is 1320 g/mol. The lowest BCUT2D eigenvalue weighted by atomic mass is 9.69. The maximum absolute atomic E-state index is 3.95. The Balaban J connectivity index is 0.724. The van der Waals surface area contributed by atoms with Gasteiger partial charge in [-0.2, -0.15) is 0 Å². The summed E-state index contributed by atoms with van der Waals surface area (Å²) in [6.07, 6.45) is 20.1. The van der Waals surface area contributed by atoms with Crippen LogP contribution in [-0.4, -0.2) is 0 Å². The Kier molecular flexibility index (Phi) is 18.9. The van der Waals surface area contributed by atoms with Crippen molar-refractivity contribution >= 4 is 67.8 Å². The highest BCUT2D eigenvalue weighted by molar-refractivity contribution is 6.01. The van der Waals surface area contributed by atoms with Crippen LogP contribution in [0.2, 0.25) is 0 Å². The Morgan fingerprint density at radius 2 is 0.608 bits per heavy atom. The second-order valence-electron chi connectivity index (χ2n) is 28.3. The van der Waals surface area contributed by atoms with E-state index >= 15 is 0 Å². The number of unbranched alkanes of at least 4 members (excludes halogenated alkanes) is 8. The number of fused-ring (bicyclic) bond motifs is 8. The Bertz CT molecular complexity index is 4920. The van der Waals surface area contributed by atoms with Gasteiger partial charge in [-0.3, -0.25) is 0 Å². The molecule has 14 aromatic rings. The van der Waals surface area contributed by atoms with Gasteiger partial charge in [-0.25, -0.2) is 0 Å². The lowest BCUT2D eigenvalue weighted by molar-refractivity contribution is 0.507. The summed E-state index contributed by atoms with van der Waals surface area (Å²) in [4.78, 5) is 5.02. The number of nitrogens with zero attached hydrogens (tertiary/aromatic N) is 2. The lowest BCUT2D eigenvalue weighted by Gasteiger charge is -2.34. The highest BCUT2D eigenvalue weighted by Gasteiger charge is 2.46. The van der Waals surface area contributed by atoms with E-state index in [-0.39, 0.29) is 10.8 Å². The summed E-state index contributed by atoms with van der Waals surface area (Å²) in [5, 5.41) is 4.86. The molecular weight excluding hydrogens is 1230 g/mol. The van der Waals surface area contributed by atoms with E-state index in [9.17, 15) is 0 Å². The average molecular weight is 1320 g/mol. The molecule has 0 aromatic heterocycles. The first-order chi connectivity index (χ1) is 50.5. The fourth-order valence-electron chi connectivity index (χ4n) is 17.3. The van der Waals surface area contributed by atoms with Crippen LogP contribution in [-0.2, 0) is 23.7 Å². The van der Waals surface area contributed by atoms with Crippen molar-refractivity contribution in [3.8, 4) is 33.4 Å². The summed E-state index contributed by atoms with van der Waals surface area (Å²) < 4.78 is 0. The van der Waals surface area contributed by atoms with Crippen LogP contribution in [0.1, 0.15) is 133 Å². The highest BCUT2D eigenvalue weighted by atomic mass is 15.1. The fraction of sp³-hybridized carbons (Fsp3) is 0.160. The smallest absolute Gasteiger partial charge is 0.0540 e. The first-order valence-corrected chi connectivity index (χ1v) is 37.3. The number of hydrogen-bond acceptors (Lipinski definition) is 2. The van der Waals surface area contributed by atoms with Crippen molar-refractivity contribution < 1.29 is 0 Å². The first-order valence-electron chi connectivity index (χ1n) is 37.3. The molecule has 0 fully saturated rings. The van der Waals surface area contributed by atoms with Gasteiger partial charge in [0.2, 0.25) is 0 Å².